The van der Waals surface area contributed by atoms with E-state index in [4.69, 9.17) is 19.9 Å². The first-order valence-corrected chi connectivity index (χ1v) is 15.5. The molecule has 0 aromatic carbocycles. The Labute approximate surface area is 254 Å². The lowest BCUT2D eigenvalue weighted by atomic mass is 9.74. The number of ketones is 1. The summed E-state index contributed by atoms with van der Waals surface area (Å²) in [6.45, 7) is 4.28. The van der Waals surface area contributed by atoms with E-state index in [1.54, 1.807) is 22.7 Å². The SMILES string of the molecule is CC1(C)[C@H](CC(=O)/C(=N\O[C@@H](COc2ccc3nc(CC4CNC4)cn3c2)C(=O)O)c2csc(N)n2)C(=O)N1OS(=O)(=O)O. The molecule has 0 unspecified atom stereocenters. The normalized spacial score (nSPS) is 19.3. The molecule has 236 valence electrons. The fraction of sp³-hybridized carbons (Fsp3) is 0.440. The quantitative estimate of drug-likeness (QED) is 0.0795. The van der Waals surface area contributed by atoms with Crippen LogP contribution in [0.15, 0.2) is 35.1 Å². The second-order valence-corrected chi connectivity index (χ2v) is 12.7. The maximum atomic E-state index is 13.3. The van der Waals surface area contributed by atoms with E-state index in [0.29, 0.717) is 22.4 Å². The van der Waals surface area contributed by atoms with E-state index in [-0.39, 0.29) is 10.8 Å². The molecule has 1 amide bonds. The van der Waals surface area contributed by atoms with Crippen LogP contribution in [0.1, 0.15) is 31.7 Å². The minimum atomic E-state index is -4.98. The summed E-state index contributed by atoms with van der Waals surface area (Å²) in [4.78, 5) is 51.6. The zero-order chi connectivity index (χ0) is 31.8. The Morgan fingerprint density at radius 3 is 2.61 bits per heavy atom. The Morgan fingerprint density at radius 2 is 2.02 bits per heavy atom. The molecule has 2 saturated heterocycles. The number of oxime groups is 1. The fourth-order valence-electron chi connectivity index (χ4n) is 4.72. The molecule has 2 atom stereocenters. The number of nitrogen functional groups attached to an aromatic ring is 1. The van der Waals surface area contributed by atoms with Crippen LogP contribution in [0.25, 0.3) is 5.65 Å². The van der Waals surface area contributed by atoms with Gasteiger partial charge in [-0.05, 0) is 51.4 Å². The van der Waals surface area contributed by atoms with Crippen molar-refractivity contribution >= 4 is 55.9 Å². The zero-order valence-electron chi connectivity index (χ0n) is 23.4. The van der Waals surface area contributed by atoms with Crippen LogP contribution in [0.5, 0.6) is 5.75 Å². The number of carbonyl (C=O) groups excluding carboxylic acids is 2. The number of ether oxygens (including phenoxy) is 1. The first-order chi connectivity index (χ1) is 20.7. The number of hydrogen-bond donors (Lipinski definition) is 4. The number of aromatic nitrogens is 3. The Bertz CT molecular complexity index is 1730. The van der Waals surface area contributed by atoms with E-state index in [2.05, 4.69) is 24.7 Å². The van der Waals surface area contributed by atoms with Crippen LogP contribution in [0.3, 0.4) is 0 Å². The van der Waals surface area contributed by atoms with Gasteiger partial charge in [0.15, 0.2) is 16.6 Å². The lowest BCUT2D eigenvalue weighted by molar-refractivity contribution is -0.228. The van der Waals surface area contributed by atoms with Gasteiger partial charge >= 0.3 is 16.4 Å². The standard InChI is InChI=1S/C25H29N7O10S2/c1-25(2)16(22(34)32(25)42-44(37,38)39)6-18(33)21(17-12-43-24(26)29-17)30-41-19(23(35)36)11-40-15-3-4-20-28-14(9-31(20)10-15)5-13-7-27-8-13/h3-4,9-10,12-13,16,19,27H,5-8,11H2,1-2H3,(H2,26,29)(H,35,36)(H,37,38,39)/b30-21-/t16-,19+/m1/s1. The predicted molar refractivity (Wildman–Crippen MR) is 153 cm³/mol. The number of Topliss-reactive ketones (excluding diaryl/α,β-unsaturated/α-hetero) is 1. The molecule has 19 heteroatoms. The molecular weight excluding hydrogens is 622 g/mol. The summed E-state index contributed by atoms with van der Waals surface area (Å²) >= 11 is 0.991. The number of imidazole rings is 1. The van der Waals surface area contributed by atoms with Crippen LogP contribution in [-0.2, 0) is 40.3 Å². The van der Waals surface area contributed by atoms with Gasteiger partial charge in [0.25, 0.3) is 12.0 Å². The monoisotopic (exact) mass is 651 g/mol. The molecule has 0 radical (unpaired) electrons. The molecule has 0 aliphatic carbocycles. The topological polar surface area (TPSA) is 237 Å². The molecule has 2 fully saturated rings. The molecule has 5 heterocycles. The number of hydrogen-bond acceptors (Lipinski definition) is 14. The molecule has 0 saturated carbocycles. The molecule has 17 nitrogen and oxygen atoms in total. The van der Waals surface area contributed by atoms with Crippen LogP contribution in [-0.4, -0.2) is 92.2 Å². The van der Waals surface area contributed by atoms with Gasteiger partial charge in [-0.1, -0.05) is 5.16 Å². The van der Waals surface area contributed by atoms with Crippen molar-refractivity contribution in [1.82, 2.24) is 24.7 Å². The fourth-order valence-corrected chi connectivity index (χ4v) is 5.72. The van der Waals surface area contributed by atoms with Crippen molar-refractivity contribution in [2.45, 2.75) is 38.3 Å². The van der Waals surface area contributed by atoms with Gasteiger partial charge in [-0.2, -0.15) is 13.5 Å². The first-order valence-electron chi connectivity index (χ1n) is 13.2. The van der Waals surface area contributed by atoms with E-state index < -0.39 is 64.4 Å². The number of fused-ring (bicyclic) bond motifs is 1. The van der Waals surface area contributed by atoms with Crippen molar-refractivity contribution < 1.29 is 46.3 Å². The number of hydroxylamine groups is 2. The summed E-state index contributed by atoms with van der Waals surface area (Å²) in [6, 6.07) is 3.38. The lowest BCUT2D eigenvalue weighted by Gasteiger charge is -2.50. The molecule has 0 bridgehead atoms. The van der Waals surface area contributed by atoms with Crippen LogP contribution in [0.2, 0.25) is 0 Å². The highest BCUT2D eigenvalue weighted by atomic mass is 32.3. The largest absolute Gasteiger partial charge is 0.487 e. The first kappa shape index (κ1) is 31.3. The molecule has 44 heavy (non-hydrogen) atoms. The Hall–Kier alpha value is -4.17. The van der Waals surface area contributed by atoms with Crippen molar-refractivity contribution in [2.24, 2.45) is 17.0 Å². The van der Waals surface area contributed by atoms with Crippen molar-refractivity contribution in [2.75, 3.05) is 25.4 Å². The van der Waals surface area contributed by atoms with Crippen LogP contribution in [0, 0.1) is 11.8 Å². The number of thiazole rings is 1. The molecule has 2 aliphatic heterocycles. The second-order valence-electron chi connectivity index (χ2n) is 10.8. The third-order valence-corrected chi connectivity index (χ3v) is 8.26. The summed E-state index contributed by atoms with van der Waals surface area (Å²) in [6.07, 6.45) is 2.25. The average Bonchev–Trinajstić information content (AvgIpc) is 3.54. The number of nitrogens with one attached hydrogen (secondary N) is 1. The van der Waals surface area contributed by atoms with E-state index in [1.807, 2.05) is 6.20 Å². The second kappa shape index (κ2) is 12.1. The van der Waals surface area contributed by atoms with Crippen molar-refractivity contribution in [3.8, 4) is 5.75 Å². The molecule has 0 spiro atoms. The van der Waals surface area contributed by atoms with Crippen molar-refractivity contribution in [3.63, 3.8) is 0 Å². The van der Waals surface area contributed by atoms with Crippen LogP contribution >= 0.6 is 11.3 Å². The summed E-state index contributed by atoms with van der Waals surface area (Å²) < 4.78 is 42.9. The maximum Gasteiger partial charge on any atom is 0.418 e. The van der Waals surface area contributed by atoms with E-state index >= 15 is 0 Å². The van der Waals surface area contributed by atoms with Gasteiger partial charge in [-0.3, -0.25) is 14.1 Å². The molecular formula is C25H29N7O10S2. The number of carbonyl (C=O) groups is 3. The average molecular weight is 652 g/mol. The number of amides is 1. The van der Waals surface area contributed by atoms with Crippen molar-refractivity contribution in [1.29, 1.82) is 0 Å². The number of carboxylic acids is 1. The molecule has 5 N–H and O–H groups in total. The van der Waals surface area contributed by atoms with Gasteiger partial charge in [0.05, 0.1) is 23.3 Å². The minimum absolute atomic E-state index is 0.0165. The number of pyridine rings is 1. The van der Waals surface area contributed by atoms with Crippen LogP contribution < -0.4 is 15.8 Å². The maximum absolute atomic E-state index is 13.3. The Kier molecular flexibility index (Phi) is 8.58. The third-order valence-electron chi connectivity index (χ3n) is 7.25. The van der Waals surface area contributed by atoms with Gasteiger partial charge in [-0.15, -0.1) is 15.6 Å². The van der Waals surface area contributed by atoms with Gasteiger partial charge in [0.1, 0.15) is 23.7 Å². The summed E-state index contributed by atoms with van der Waals surface area (Å²) in [5, 5.41) is 18.7. The number of rotatable bonds is 14. The van der Waals surface area contributed by atoms with E-state index in [1.165, 1.54) is 19.2 Å². The number of nitrogens with zero attached hydrogens (tertiary/aromatic N) is 5. The third kappa shape index (κ3) is 6.81. The number of carboxylic acid groups (broad SMARTS) is 1. The lowest BCUT2D eigenvalue weighted by Crippen LogP contribution is -2.68. The van der Waals surface area contributed by atoms with Gasteiger partial charge < -0.3 is 30.1 Å². The highest BCUT2D eigenvalue weighted by molar-refractivity contribution is 7.80. The highest BCUT2D eigenvalue weighted by Crippen LogP contribution is 2.40. The van der Waals surface area contributed by atoms with E-state index in [0.717, 1.165) is 36.5 Å². The molecule has 2 aliphatic rings. The smallest absolute Gasteiger partial charge is 0.418 e. The number of aliphatic carboxylic acids is 1. The van der Waals surface area contributed by atoms with Gasteiger partial charge in [0, 0.05) is 18.0 Å². The highest BCUT2D eigenvalue weighted by Gasteiger charge is 2.57. The summed E-state index contributed by atoms with van der Waals surface area (Å²) in [7, 11) is -4.98. The predicted octanol–water partition coefficient (Wildman–Crippen LogP) is 0.318. The molecule has 3 aromatic rings. The van der Waals surface area contributed by atoms with Gasteiger partial charge in [0.2, 0.25) is 0 Å². The molecule has 5 rings (SSSR count). The number of nitrogens with two attached hydrogens (primary N) is 1. The number of β-lactam (4-membered cyclic amide) rings is 1. The number of anilines is 1. The zero-order valence-corrected chi connectivity index (χ0v) is 25.1. The summed E-state index contributed by atoms with van der Waals surface area (Å²) in [5.41, 5.74) is 5.62. The minimum Gasteiger partial charge on any atom is -0.487 e. The van der Waals surface area contributed by atoms with Gasteiger partial charge in [-0.25, -0.2) is 14.8 Å². The van der Waals surface area contributed by atoms with E-state index in [9.17, 15) is 27.9 Å². The Balaban J connectivity index is 1.27. The Morgan fingerprint density at radius 1 is 1.27 bits per heavy atom. The summed E-state index contributed by atoms with van der Waals surface area (Å²) in [5.74, 6) is -3.25. The van der Waals surface area contributed by atoms with Crippen molar-refractivity contribution in [3.05, 3.63) is 41.3 Å². The van der Waals surface area contributed by atoms with Crippen LogP contribution in [0.4, 0.5) is 5.13 Å². The molecule has 3 aromatic heterocycles.